The monoisotopic (exact) mass is 329 g/mol. The van der Waals surface area contributed by atoms with Crippen LogP contribution in [0.4, 0.5) is 0 Å². The van der Waals surface area contributed by atoms with Gasteiger partial charge in [0.15, 0.2) is 10.9 Å². The van der Waals surface area contributed by atoms with Gasteiger partial charge in [-0.05, 0) is 30.7 Å². The van der Waals surface area contributed by atoms with E-state index in [9.17, 15) is 4.79 Å². The lowest BCUT2D eigenvalue weighted by Crippen LogP contribution is -2.06. The number of para-hydroxylation sites is 1. The van der Waals surface area contributed by atoms with Crippen LogP contribution < -0.4 is 0 Å². The lowest BCUT2D eigenvalue weighted by atomic mass is 10.2. The van der Waals surface area contributed by atoms with E-state index in [1.807, 2.05) is 41.8 Å². The maximum atomic E-state index is 11.4. The van der Waals surface area contributed by atoms with Gasteiger partial charge in [0.25, 0.3) is 0 Å². The molecule has 2 heterocycles. The molecule has 0 aliphatic rings. The van der Waals surface area contributed by atoms with Crippen LogP contribution in [0.3, 0.4) is 0 Å². The maximum Gasteiger partial charge on any atom is 0.316 e. The molecule has 7 heteroatoms. The van der Waals surface area contributed by atoms with Gasteiger partial charge in [-0.3, -0.25) is 9.36 Å². The molecule has 0 amide bonds. The topological polar surface area (TPSA) is 70.2 Å². The van der Waals surface area contributed by atoms with Gasteiger partial charge in [0.1, 0.15) is 0 Å². The van der Waals surface area contributed by atoms with E-state index in [0.29, 0.717) is 16.7 Å². The summed E-state index contributed by atoms with van der Waals surface area (Å²) in [7, 11) is 1.36. The Kier molecular flexibility index (Phi) is 4.47. The number of aryl methyl sites for hydroxylation is 1. The number of nitrogens with zero attached hydrogens (tertiary/aromatic N) is 3. The molecule has 0 fully saturated rings. The molecule has 0 radical (unpaired) electrons. The molecule has 0 saturated carbocycles. The van der Waals surface area contributed by atoms with Crippen LogP contribution in [0.25, 0.3) is 17.3 Å². The molecule has 23 heavy (non-hydrogen) atoms. The summed E-state index contributed by atoms with van der Waals surface area (Å²) in [5, 5.41) is 9.04. The van der Waals surface area contributed by atoms with Gasteiger partial charge < -0.3 is 9.15 Å². The van der Waals surface area contributed by atoms with E-state index in [1.54, 1.807) is 12.3 Å². The molecule has 0 unspecified atom stereocenters. The average Bonchev–Trinajstić information content (AvgIpc) is 3.22. The van der Waals surface area contributed by atoms with Gasteiger partial charge in [0.2, 0.25) is 5.82 Å². The Balaban J connectivity index is 2.07. The Hall–Kier alpha value is -2.54. The highest BCUT2D eigenvalue weighted by molar-refractivity contribution is 7.99. The molecule has 3 rings (SSSR count). The van der Waals surface area contributed by atoms with E-state index in [4.69, 9.17) is 4.42 Å². The number of hydrogen-bond acceptors (Lipinski definition) is 6. The Morgan fingerprint density at radius 3 is 2.78 bits per heavy atom. The molecule has 0 aliphatic carbocycles. The predicted molar refractivity (Wildman–Crippen MR) is 86.5 cm³/mol. The first kappa shape index (κ1) is 15.4. The standard InChI is InChI=1S/C16H15N3O3S/c1-11-6-3-4-7-12(11)19-15(13-8-5-9-22-13)17-18-16(19)23-10-14(20)21-2/h3-9H,10H2,1-2H3. The van der Waals surface area contributed by atoms with Gasteiger partial charge in [0, 0.05) is 0 Å². The summed E-state index contributed by atoms with van der Waals surface area (Å²) in [6.07, 6.45) is 1.59. The molecule has 0 bridgehead atoms. The molecule has 6 nitrogen and oxygen atoms in total. The van der Waals surface area contributed by atoms with E-state index < -0.39 is 0 Å². The van der Waals surface area contributed by atoms with Crippen LogP contribution in [0, 0.1) is 6.92 Å². The Morgan fingerprint density at radius 2 is 2.09 bits per heavy atom. The van der Waals surface area contributed by atoms with Crippen molar-refractivity contribution in [3.05, 3.63) is 48.2 Å². The Bertz CT molecular complexity index is 812. The van der Waals surface area contributed by atoms with E-state index >= 15 is 0 Å². The average molecular weight is 329 g/mol. The number of hydrogen-bond donors (Lipinski definition) is 0. The fourth-order valence-electron chi connectivity index (χ4n) is 2.14. The van der Waals surface area contributed by atoms with E-state index in [-0.39, 0.29) is 11.7 Å². The number of rotatable bonds is 5. The number of thioether (sulfide) groups is 1. The number of ether oxygens (including phenoxy) is 1. The largest absolute Gasteiger partial charge is 0.468 e. The van der Waals surface area contributed by atoms with Crippen molar-refractivity contribution in [1.29, 1.82) is 0 Å². The van der Waals surface area contributed by atoms with Crippen LogP contribution >= 0.6 is 11.8 Å². The van der Waals surface area contributed by atoms with Gasteiger partial charge in [-0.1, -0.05) is 30.0 Å². The number of methoxy groups -OCH3 is 1. The molecule has 0 spiro atoms. The number of aromatic nitrogens is 3. The zero-order valence-electron chi connectivity index (χ0n) is 12.7. The summed E-state index contributed by atoms with van der Waals surface area (Å²) in [5.74, 6) is 1.06. The van der Waals surface area contributed by atoms with Crippen molar-refractivity contribution < 1.29 is 13.9 Å². The van der Waals surface area contributed by atoms with Crippen LogP contribution in [-0.2, 0) is 9.53 Å². The molecule has 118 valence electrons. The first-order valence-corrected chi connectivity index (χ1v) is 7.94. The highest BCUT2D eigenvalue weighted by Crippen LogP contribution is 2.29. The second kappa shape index (κ2) is 6.70. The minimum absolute atomic E-state index is 0.165. The molecule has 0 N–H and O–H groups in total. The van der Waals surface area contributed by atoms with E-state index in [0.717, 1.165) is 11.3 Å². The Morgan fingerprint density at radius 1 is 1.26 bits per heavy atom. The summed E-state index contributed by atoms with van der Waals surface area (Å²) < 4.78 is 12.0. The number of benzene rings is 1. The second-order valence-corrected chi connectivity index (χ2v) is 5.71. The number of furan rings is 1. The van der Waals surface area contributed by atoms with Crippen LogP contribution in [-0.4, -0.2) is 33.6 Å². The molecule has 0 atom stereocenters. The SMILES string of the molecule is COC(=O)CSc1nnc(-c2ccco2)n1-c1ccccc1C. The summed E-state index contributed by atoms with van der Waals surface area (Å²) in [5.41, 5.74) is 2.01. The number of carbonyl (C=O) groups is 1. The van der Waals surface area contributed by atoms with Crippen molar-refractivity contribution >= 4 is 17.7 Å². The fourth-order valence-corrected chi connectivity index (χ4v) is 2.92. The first-order chi connectivity index (χ1) is 11.2. The zero-order chi connectivity index (χ0) is 16.2. The molecule has 1 aromatic carbocycles. The number of esters is 1. The minimum atomic E-state index is -0.311. The normalized spacial score (nSPS) is 10.7. The van der Waals surface area contributed by atoms with Gasteiger partial charge in [-0.25, -0.2) is 0 Å². The van der Waals surface area contributed by atoms with Crippen molar-refractivity contribution in [2.24, 2.45) is 0 Å². The molecule has 0 saturated heterocycles. The minimum Gasteiger partial charge on any atom is -0.468 e. The van der Waals surface area contributed by atoms with Crippen LogP contribution in [0.15, 0.2) is 52.2 Å². The van der Waals surface area contributed by atoms with Crippen molar-refractivity contribution in [2.45, 2.75) is 12.1 Å². The van der Waals surface area contributed by atoms with Crippen LogP contribution in [0.1, 0.15) is 5.56 Å². The third-order valence-electron chi connectivity index (χ3n) is 3.28. The highest BCUT2D eigenvalue weighted by atomic mass is 32.2. The van der Waals surface area contributed by atoms with Gasteiger partial charge in [-0.15, -0.1) is 10.2 Å². The summed E-state index contributed by atoms with van der Waals surface area (Å²) in [4.78, 5) is 11.4. The smallest absolute Gasteiger partial charge is 0.316 e. The molecule has 0 aliphatic heterocycles. The first-order valence-electron chi connectivity index (χ1n) is 6.95. The van der Waals surface area contributed by atoms with Crippen LogP contribution in [0.2, 0.25) is 0 Å². The Labute approximate surface area is 137 Å². The lowest BCUT2D eigenvalue weighted by Gasteiger charge is -2.11. The third-order valence-corrected chi connectivity index (χ3v) is 4.18. The van der Waals surface area contributed by atoms with Crippen molar-refractivity contribution in [2.75, 3.05) is 12.9 Å². The van der Waals surface area contributed by atoms with Gasteiger partial charge in [0.05, 0.1) is 24.8 Å². The molecular formula is C16H15N3O3S. The van der Waals surface area contributed by atoms with Crippen molar-refractivity contribution in [3.8, 4) is 17.3 Å². The number of carbonyl (C=O) groups excluding carboxylic acids is 1. The van der Waals surface area contributed by atoms with Crippen LogP contribution in [0.5, 0.6) is 0 Å². The molecular weight excluding hydrogens is 314 g/mol. The van der Waals surface area contributed by atoms with E-state index in [2.05, 4.69) is 14.9 Å². The maximum absolute atomic E-state index is 11.4. The quantitative estimate of drug-likeness (QED) is 0.529. The summed E-state index contributed by atoms with van der Waals surface area (Å²) in [6.45, 7) is 2.01. The molecule has 2 aromatic heterocycles. The summed E-state index contributed by atoms with van der Waals surface area (Å²) in [6, 6.07) is 11.5. The molecule has 3 aromatic rings. The fraction of sp³-hybridized carbons (Fsp3) is 0.188. The van der Waals surface area contributed by atoms with Gasteiger partial charge >= 0.3 is 5.97 Å². The lowest BCUT2D eigenvalue weighted by molar-refractivity contribution is -0.137. The third kappa shape index (κ3) is 3.14. The van der Waals surface area contributed by atoms with Crippen molar-refractivity contribution in [3.63, 3.8) is 0 Å². The van der Waals surface area contributed by atoms with Crippen molar-refractivity contribution in [1.82, 2.24) is 14.8 Å². The predicted octanol–water partition coefficient (Wildman–Crippen LogP) is 3.10. The zero-order valence-corrected chi connectivity index (χ0v) is 13.5. The highest BCUT2D eigenvalue weighted by Gasteiger charge is 2.19. The van der Waals surface area contributed by atoms with E-state index in [1.165, 1.54) is 18.9 Å². The summed E-state index contributed by atoms with van der Waals surface area (Å²) >= 11 is 1.27. The second-order valence-electron chi connectivity index (χ2n) is 4.77. The van der Waals surface area contributed by atoms with Gasteiger partial charge in [-0.2, -0.15) is 0 Å².